The molecule has 18 heavy (non-hydrogen) atoms. The van der Waals surface area contributed by atoms with E-state index in [0.717, 1.165) is 11.3 Å². The second-order valence-corrected chi connectivity index (χ2v) is 4.03. The van der Waals surface area contributed by atoms with Gasteiger partial charge in [0.25, 0.3) is 5.91 Å². The Bertz CT molecular complexity index is 481. The van der Waals surface area contributed by atoms with Crippen molar-refractivity contribution in [3.05, 3.63) is 41.2 Å². The zero-order chi connectivity index (χ0) is 13.5. The summed E-state index contributed by atoms with van der Waals surface area (Å²) in [5, 5.41) is 8.55. The lowest BCUT2D eigenvalue weighted by atomic mass is 10.1. The second kappa shape index (κ2) is 6.54. The first-order valence-corrected chi connectivity index (χ1v) is 5.62. The molecule has 0 aliphatic carbocycles. The standard InChI is InChI=1S/C13H16N2O3/c1-9(6-8-12(16)17)5-7-10-3-2-4-11(15-10)13(14)18/h2-5H,6-8H2,1H3,(H2,14,18)(H,16,17)/b9-5+. The van der Waals surface area contributed by atoms with Gasteiger partial charge in [0.2, 0.25) is 0 Å². The Labute approximate surface area is 105 Å². The van der Waals surface area contributed by atoms with Crippen LogP contribution in [0.3, 0.4) is 0 Å². The van der Waals surface area contributed by atoms with Crippen molar-refractivity contribution in [3.8, 4) is 0 Å². The summed E-state index contributed by atoms with van der Waals surface area (Å²) in [6.07, 6.45) is 3.12. The average molecular weight is 248 g/mol. The van der Waals surface area contributed by atoms with Gasteiger partial charge in [-0.25, -0.2) is 4.98 Å². The van der Waals surface area contributed by atoms with Gasteiger partial charge < -0.3 is 10.8 Å². The van der Waals surface area contributed by atoms with Gasteiger partial charge in [0.15, 0.2) is 0 Å². The number of aromatic nitrogens is 1. The highest BCUT2D eigenvalue weighted by atomic mass is 16.4. The molecule has 0 aromatic carbocycles. The third-order valence-corrected chi connectivity index (χ3v) is 2.45. The first kappa shape index (κ1) is 13.9. The van der Waals surface area contributed by atoms with E-state index in [1.54, 1.807) is 18.2 Å². The first-order valence-electron chi connectivity index (χ1n) is 5.62. The zero-order valence-corrected chi connectivity index (χ0v) is 10.2. The smallest absolute Gasteiger partial charge is 0.303 e. The summed E-state index contributed by atoms with van der Waals surface area (Å²) in [5.41, 5.74) is 7.10. The van der Waals surface area contributed by atoms with Gasteiger partial charge in [-0.1, -0.05) is 17.7 Å². The number of pyridine rings is 1. The number of aliphatic carboxylic acids is 1. The molecule has 0 saturated carbocycles. The van der Waals surface area contributed by atoms with Crippen molar-refractivity contribution in [1.29, 1.82) is 0 Å². The quantitative estimate of drug-likeness (QED) is 0.746. The van der Waals surface area contributed by atoms with E-state index in [2.05, 4.69) is 4.98 Å². The molecule has 1 amide bonds. The number of carboxylic acids is 1. The molecule has 0 saturated heterocycles. The van der Waals surface area contributed by atoms with Gasteiger partial charge in [-0.3, -0.25) is 9.59 Å². The van der Waals surface area contributed by atoms with Crippen LogP contribution in [0.1, 0.15) is 35.9 Å². The van der Waals surface area contributed by atoms with E-state index in [1.165, 1.54) is 0 Å². The number of nitrogens with zero attached hydrogens (tertiary/aromatic N) is 1. The number of hydrogen-bond donors (Lipinski definition) is 2. The normalized spacial score (nSPS) is 11.3. The maximum absolute atomic E-state index is 10.9. The monoisotopic (exact) mass is 248 g/mol. The third kappa shape index (κ3) is 4.78. The van der Waals surface area contributed by atoms with Gasteiger partial charge in [-0.2, -0.15) is 0 Å². The van der Waals surface area contributed by atoms with E-state index >= 15 is 0 Å². The fraction of sp³-hybridized carbons (Fsp3) is 0.308. The molecule has 0 bridgehead atoms. The van der Waals surface area contributed by atoms with Crippen molar-refractivity contribution >= 4 is 11.9 Å². The number of rotatable bonds is 6. The highest BCUT2D eigenvalue weighted by molar-refractivity contribution is 5.90. The minimum absolute atomic E-state index is 0.122. The molecule has 0 radical (unpaired) electrons. The van der Waals surface area contributed by atoms with Gasteiger partial charge in [-0.05, 0) is 25.5 Å². The lowest BCUT2D eigenvalue weighted by Gasteiger charge is -2.01. The maximum Gasteiger partial charge on any atom is 0.303 e. The molecule has 3 N–H and O–H groups in total. The predicted octanol–water partition coefficient (Wildman–Crippen LogP) is 1.53. The van der Waals surface area contributed by atoms with Gasteiger partial charge in [0, 0.05) is 18.5 Å². The fourth-order valence-corrected chi connectivity index (χ4v) is 1.42. The van der Waals surface area contributed by atoms with Crippen LogP contribution in [0.5, 0.6) is 0 Å². The van der Waals surface area contributed by atoms with Crippen molar-refractivity contribution in [2.75, 3.05) is 0 Å². The van der Waals surface area contributed by atoms with Crippen molar-refractivity contribution in [2.45, 2.75) is 26.2 Å². The number of hydrogen-bond acceptors (Lipinski definition) is 3. The average Bonchev–Trinajstić information content (AvgIpc) is 2.34. The second-order valence-electron chi connectivity index (χ2n) is 4.03. The Morgan fingerprint density at radius 3 is 2.72 bits per heavy atom. The number of carbonyl (C=O) groups excluding carboxylic acids is 1. The predicted molar refractivity (Wildman–Crippen MR) is 67.1 cm³/mol. The molecule has 1 aromatic rings. The minimum atomic E-state index is -0.809. The number of amides is 1. The van der Waals surface area contributed by atoms with Crippen LogP contribution in [-0.2, 0) is 11.2 Å². The molecule has 0 aliphatic heterocycles. The summed E-state index contributed by atoms with van der Waals surface area (Å²) in [6.45, 7) is 1.88. The third-order valence-electron chi connectivity index (χ3n) is 2.45. The molecule has 0 aliphatic rings. The molecule has 0 spiro atoms. The van der Waals surface area contributed by atoms with Crippen molar-refractivity contribution in [2.24, 2.45) is 5.73 Å². The van der Waals surface area contributed by atoms with Crippen molar-refractivity contribution in [3.63, 3.8) is 0 Å². The molecule has 5 nitrogen and oxygen atoms in total. The lowest BCUT2D eigenvalue weighted by Crippen LogP contribution is -2.13. The Hall–Kier alpha value is -2.17. The zero-order valence-electron chi connectivity index (χ0n) is 10.2. The summed E-state index contributed by atoms with van der Waals surface area (Å²) in [5.74, 6) is -1.36. The molecular weight excluding hydrogens is 232 g/mol. The van der Waals surface area contributed by atoms with E-state index < -0.39 is 11.9 Å². The van der Waals surface area contributed by atoms with E-state index in [0.29, 0.717) is 12.8 Å². The lowest BCUT2D eigenvalue weighted by molar-refractivity contribution is -0.136. The number of primary amides is 1. The molecular formula is C13H16N2O3. The Morgan fingerprint density at radius 2 is 2.11 bits per heavy atom. The van der Waals surface area contributed by atoms with E-state index in [-0.39, 0.29) is 12.1 Å². The van der Waals surface area contributed by atoms with Crippen LogP contribution in [0.15, 0.2) is 29.8 Å². The number of nitrogens with two attached hydrogens (primary N) is 1. The van der Waals surface area contributed by atoms with Gasteiger partial charge in [-0.15, -0.1) is 0 Å². The number of allylic oxidation sites excluding steroid dienone is 2. The highest BCUT2D eigenvalue weighted by Crippen LogP contribution is 2.07. The molecule has 0 fully saturated rings. The van der Waals surface area contributed by atoms with Crippen molar-refractivity contribution < 1.29 is 14.7 Å². The topological polar surface area (TPSA) is 93.3 Å². The number of carboxylic acid groups (broad SMARTS) is 1. The molecule has 1 rings (SSSR count). The summed E-state index contributed by atoms with van der Waals surface area (Å²) in [6, 6.07) is 5.09. The summed E-state index contributed by atoms with van der Waals surface area (Å²) >= 11 is 0. The van der Waals surface area contributed by atoms with Crippen LogP contribution >= 0.6 is 0 Å². The molecule has 1 aromatic heterocycles. The highest BCUT2D eigenvalue weighted by Gasteiger charge is 2.02. The van der Waals surface area contributed by atoms with Crippen LogP contribution in [-0.4, -0.2) is 22.0 Å². The Kier molecular flexibility index (Phi) is 5.05. The van der Waals surface area contributed by atoms with Crippen LogP contribution in [0.25, 0.3) is 0 Å². The largest absolute Gasteiger partial charge is 0.481 e. The first-order chi connectivity index (χ1) is 8.49. The molecule has 96 valence electrons. The fourth-order valence-electron chi connectivity index (χ4n) is 1.42. The summed E-state index contributed by atoms with van der Waals surface area (Å²) in [4.78, 5) is 25.5. The van der Waals surface area contributed by atoms with Crippen LogP contribution in [0.2, 0.25) is 0 Å². The van der Waals surface area contributed by atoms with E-state index in [4.69, 9.17) is 10.8 Å². The summed E-state index contributed by atoms with van der Waals surface area (Å²) < 4.78 is 0. The Morgan fingerprint density at radius 1 is 1.39 bits per heavy atom. The van der Waals surface area contributed by atoms with E-state index in [9.17, 15) is 9.59 Å². The van der Waals surface area contributed by atoms with Crippen LogP contribution in [0, 0.1) is 0 Å². The SMILES string of the molecule is C/C(=C\Cc1cccc(C(N)=O)n1)CCC(=O)O. The van der Waals surface area contributed by atoms with Gasteiger partial charge >= 0.3 is 5.97 Å². The van der Waals surface area contributed by atoms with Crippen molar-refractivity contribution in [1.82, 2.24) is 4.98 Å². The molecule has 0 atom stereocenters. The Balaban J connectivity index is 2.62. The molecule has 0 unspecified atom stereocenters. The number of carbonyl (C=O) groups is 2. The van der Waals surface area contributed by atoms with Crippen LogP contribution in [0.4, 0.5) is 0 Å². The summed E-state index contributed by atoms with van der Waals surface area (Å²) in [7, 11) is 0. The molecule has 1 heterocycles. The van der Waals surface area contributed by atoms with Gasteiger partial charge in [0.05, 0.1) is 0 Å². The van der Waals surface area contributed by atoms with E-state index in [1.807, 2.05) is 13.0 Å². The van der Waals surface area contributed by atoms with Crippen LogP contribution < -0.4 is 5.73 Å². The maximum atomic E-state index is 10.9. The minimum Gasteiger partial charge on any atom is -0.481 e. The molecule has 5 heteroatoms. The van der Waals surface area contributed by atoms with Gasteiger partial charge in [0.1, 0.15) is 5.69 Å².